The average Bonchev–Trinajstić information content (AvgIpc) is 2.39. The molecule has 2 rings (SSSR count). The molecule has 0 aliphatic heterocycles. The summed E-state index contributed by atoms with van der Waals surface area (Å²) >= 11 is 0. The second kappa shape index (κ2) is 5.35. The maximum atomic E-state index is 12.1. The van der Waals surface area contributed by atoms with Crippen LogP contribution < -0.4 is 0 Å². The number of hydrogen-bond donors (Lipinski definition) is 0. The van der Waals surface area contributed by atoms with Crippen LogP contribution in [0.15, 0.2) is 24.3 Å². The first-order valence-electron chi connectivity index (χ1n) is 6.50. The van der Waals surface area contributed by atoms with Crippen molar-refractivity contribution in [1.29, 1.82) is 0 Å². The van der Waals surface area contributed by atoms with Gasteiger partial charge in [0, 0.05) is 19.7 Å². The first kappa shape index (κ1) is 12.2. The van der Waals surface area contributed by atoms with Gasteiger partial charge < -0.3 is 4.90 Å². The van der Waals surface area contributed by atoms with Crippen molar-refractivity contribution in [2.45, 2.75) is 38.0 Å². The number of nitrogens with zero attached hydrogens (tertiary/aromatic N) is 1. The topological polar surface area (TPSA) is 20.3 Å². The fourth-order valence-corrected chi connectivity index (χ4v) is 2.70. The lowest BCUT2D eigenvalue weighted by molar-refractivity contribution is 0.0825. The third-order valence-electron chi connectivity index (χ3n) is 3.64. The minimum absolute atomic E-state index is 0.131. The van der Waals surface area contributed by atoms with Gasteiger partial charge in [-0.1, -0.05) is 37.5 Å². The van der Waals surface area contributed by atoms with E-state index in [9.17, 15) is 4.79 Å². The van der Waals surface area contributed by atoms with Gasteiger partial charge in [-0.3, -0.25) is 4.79 Å². The Kier molecular flexibility index (Phi) is 3.82. The maximum Gasteiger partial charge on any atom is 0.253 e. The van der Waals surface area contributed by atoms with E-state index in [-0.39, 0.29) is 5.91 Å². The second-order valence-corrected chi connectivity index (χ2v) is 5.12. The first-order valence-corrected chi connectivity index (χ1v) is 6.50. The molecule has 1 amide bonds. The fourth-order valence-electron chi connectivity index (χ4n) is 2.70. The first-order chi connectivity index (χ1) is 8.20. The van der Waals surface area contributed by atoms with E-state index in [1.165, 1.54) is 37.7 Å². The molecule has 1 aliphatic rings. The summed E-state index contributed by atoms with van der Waals surface area (Å²) in [5, 5.41) is 0. The van der Waals surface area contributed by atoms with Gasteiger partial charge >= 0.3 is 0 Å². The number of hydrogen-bond acceptors (Lipinski definition) is 1. The number of carbonyl (C=O) groups excluding carboxylic acids is 1. The predicted octanol–water partition coefficient (Wildman–Crippen LogP) is 3.44. The van der Waals surface area contributed by atoms with Crippen LogP contribution in [0.25, 0.3) is 0 Å². The summed E-state index contributed by atoms with van der Waals surface area (Å²) in [6.45, 7) is 0. The quantitative estimate of drug-likeness (QED) is 0.763. The largest absolute Gasteiger partial charge is 0.345 e. The van der Waals surface area contributed by atoms with Crippen molar-refractivity contribution in [2.75, 3.05) is 14.1 Å². The van der Waals surface area contributed by atoms with Crippen LogP contribution in [0.3, 0.4) is 0 Å². The molecule has 1 fully saturated rings. The van der Waals surface area contributed by atoms with Crippen LogP contribution in [0.2, 0.25) is 0 Å². The summed E-state index contributed by atoms with van der Waals surface area (Å²) in [6.07, 6.45) is 6.42. The highest BCUT2D eigenvalue weighted by atomic mass is 16.2. The molecule has 0 unspecified atom stereocenters. The molecular weight excluding hydrogens is 210 g/mol. The molecule has 92 valence electrons. The summed E-state index contributed by atoms with van der Waals surface area (Å²) in [7, 11) is 3.64. The smallest absolute Gasteiger partial charge is 0.253 e. The molecule has 0 spiro atoms. The van der Waals surface area contributed by atoms with Gasteiger partial charge in [0.1, 0.15) is 0 Å². The molecular formula is C15H21NO. The number of carbonyl (C=O) groups is 1. The Morgan fingerprint density at radius 3 is 2.41 bits per heavy atom. The van der Waals surface area contributed by atoms with E-state index in [0.29, 0.717) is 5.92 Å². The minimum atomic E-state index is 0.131. The van der Waals surface area contributed by atoms with E-state index in [2.05, 4.69) is 12.1 Å². The number of amides is 1. The Bertz CT molecular complexity index is 392. The lowest BCUT2D eigenvalue weighted by Gasteiger charge is -2.24. The Morgan fingerprint density at radius 1 is 1.12 bits per heavy atom. The van der Waals surface area contributed by atoms with E-state index in [0.717, 1.165) is 5.56 Å². The zero-order valence-electron chi connectivity index (χ0n) is 10.8. The highest BCUT2D eigenvalue weighted by molar-refractivity contribution is 5.95. The van der Waals surface area contributed by atoms with Crippen molar-refractivity contribution in [1.82, 2.24) is 4.90 Å². The monoisotopic (exact) mass is 231 g/mol. The normalized spacial score (nSPS) is 16.8. The van der Waals surface area contributed by atoms with E-state index in [1.54, 1.807) is 4.90 Å². The molecule has 0 heterocycles. The van der Waals surface area contributed by atoms with E-state index >= 15 is 0 Å². The molecule has 1 aromatic rings. The molecule has 0 bridgehead atoms. The molecule has 1 aromatic carbocycles. The molecule has 1 aliphatic carbocycles. The van der Waals surface area contributed by atoms with Gasteiger partial charge in [-0.15, -0.1) is 0 Å². The third-order valence-corrected chi connectivity index (χ3v) is 3.64. The Balaban J connectivity index is 2.29. The fraction of sp³-hybridized carbons (Fsp3) is 0.533. The summed E-state index contributed by atoms with van der Waals surface area (Å²) in [5.74, 6) is 0.718. The van der Waals surface area contributed by atoms with Gasteiger partial charge in [0.2, 0.25) is 0 Å². The van der Waals surface area contributed by atoms with Gasteiger partial charge in [-0.05, 0) is 30.4 Å². The molecule has 0 saturated heterocycles. The predicted molar refractivity (Wildman–Crippen MR) is 70.3 cm³/mol. The maximum absolute atomic E-state index is 12.1. The molecule has 1 saturated carbocycles. The van der Waals surface area contributed by atoms with Crippen molar-refractivity contribution in [2.24, 2.45) is 0 Å². The van der Waals surface area contributed by atoms with E-state index in [1.807, 2.05) is 26.2 Å². The molecule has 0 atom stereocenters. The van der Waals surface area contributed by atoms with Crippen LogP contribution in [0, 0.1) is 0 Å². The van der Waals surface area contributed by atoms with Crippen LogP contribution in [0.4, 0.5) is 0 Å². The van der Waals surface area contributed by atoms with Gasteiger partial charge in [0.15, 0.2) is 0 Å². The Morgan fingerprint density at radius 2 is 1.76 bits per heavy atom. The lowest BCUT2D eigenvalue weighted by atomic mass is 9.82. The van der Waals surface area contributed by atoms with E-state index < -0.39 is 0 Å². The van der Waals surface area contributed by atoms with Crippen molar-refractivity contribution in [3.63, 3.8) is 0 Å². The SMILES string of the molecule is CN(C)C(=O)c1ccccc1C1CCCCC1. The van der Waals surface area contributed by atoms with Crippen LogP contribution in [0.5, 0.6) is 0 Å². The van der Waals surface area contributed by atoms with Crippen LogP contribution in [0.1, 0.15) is 53.9 Å². The lowest BCUT2D eigenvalue weighted by Crippen LogP contribution is -2.24. The minimum Gasteiger partial charge on any atom is -0.345 e. The van der Waals surface area contributed by atoms with Crippen molar-refractivity contribution < 1.29 is 4.79 Å². The van der Waals surface area contributed by atoms with Gasteiger partial charge in [0.25, 0.3) is 5.91 Å². The summed E-state index contributed by atoms with van der Waals surface area (Å²) in [5.41, 5.74) is 2.15. The molecule has 0 aromatic heterocycles. The molecule has 17 heavy (non-hydrogen) atoms. The van der Waals surface area contributed by atoms with Gasteiger partial charge in [-0.25, -0.2) is 0 Å². The van der Waals surface area contributed by atoms with Crippen LogP contribution >= 0.6 is 0 Å². The van der Waals surface area contributed by atoms with Crippen molar-refractivity contribution in [3.8, 4) is 0 Å². The summed E-state index contributed by atoms with van der Waals surface area (Å²) in [6, 6.07) is 8.11. The van der Waals surface area contributed by atoms with Crippen LogP contribution in [-0.2, 0) is 0 Å². The standard InChI is InChI=1S/C15H21NO/c1-16(2)15(17)14-11-7-6-10-13(14)12-8-4-3-5-9-12/h6-7,10-12H,3-5,8-9H2,1-2H3. The van der Waals surface area contributed by atoms with E-state index in [4.69, 9.17) is 0 Å². The van der Waals surface area contributed by atoms with Crippen LogP contribution in [-0.4, -0.2) is 24.9 Å². The van der Waals surface area contributed by atoms with Gasteiger partial charge in [-0.2, -0.15) is 0 Å². The number of rotatable bonds is 2. The van der Waals surface area contributed by atoms with Gasteiger partial charge in [0.05, 0.1) is 0 Å². The third kappa shape index (κ3) is 2.68. The molecule has 2 heteroatoms. The zero-order chi connectivity index (χ0) is 12.3. The summed E-state index contributed by atoms with van der Waals surface area (Å²) in [4.78, 5) is 13.8. The number of benzene rings is 1. The molecule has 2 nitrogen and oxygen atoms in total. The molecule has 0 radical (unpaired) electrons. The van der Waals surface area contributed by atoms with Crippen molar-refractivity contribution >= 4 is 5.91 Å². The molecule has 0 N–H and O–H groups in total. The zero-order valence-corrected chi connectivity index (χ0v) is 10.8. The second-order valence-electron chi connectivity index (χ2n) is 5.12. The highest BCUT2D eigenvalue weighted by Gasteiger charge is 2.21. The Labute approximate surface area is 104 Å². The van der Waals surface area contributed by atoms with Crippen molar-refractivity contribution in [3.05, 3.63) is 35.4 Å². The highest BCUT2D eigenvalue weighted by Crippen LogP contribution is 2.34. The Hall–Kier alpha value is -1.31. The average molecular weight is 231 g/mol. The summed E-state index contributed by atoms with van der Waals surface area (Å²) < 4.78 is 0.